The first-order valence-corrected chi connectivity index (χ1v) is 13.3. The summed E-state index contributed by atoms with van der Waals surface area (Å²) in [5, 5.41) is 15.2. The molecule has 0 atom stereocenters. The van der Waals surface area contributed by atoms with Gasteiger partial charge in [0.15, 0.2) is 0 Å². The molecule has 3 heterocycles. The summed E-state index contributed by atoms with van der Waals surface area (Å²) < 4.78 is 15.6. The van der Waals surface area contributed by atoms with Crippen LogP contribution in [0.5, 0.6) is 17.2 Å². The first kappa shape index (κ1) is 24.9. The minimum Gasteiger partial charge on any atom is -0.507 e. The molecule has 5 aromatic rings. The minimum absolute atomic E-state index is 0.144. The van der Waals surface area contributed by atoms with Crippen LogP contribution < -0.4 is 9.47 Å². The van der Waals surface area contributed by atoms with E-state index in [1.165, 1.54) is 19.2 Å². The summed E-state index contributed by atoms with van der Waals surface area (Å²) in [6.45, 7) is 4.91. The number of aromatic hydroxyl groups is 1. The number of para-hydroxylation sites is 2. The van der Waals surface area contributed by atoms with Gasteiger partial charge in [-0.05, 0) is 61.8 Å². The van der Waals surface area contributed by atoms with Gasteiger partial charge in [-0.1, -0.05) is 24.3 Å². The molecular formula is C30H32N6O3. The minimum atomic E-state index is 0.144. The number of fused-ring (bicyclic) bond motifs is 1. The standard InChI is InChI=1S/C30H32N6O3/c1-38-29-16-22(8-9-23(29)19-35-21-31-20-32-35)18-36-27-7-3-2-6-26(27)33-30(36)25-11-10-24(17-28(25)37)39-15-14-34-12-4-5-13-34/h2-3,6-11,16-17,20-21,37H,4-5,12-15,18-19H2,1H3. The van der Waals surface area contributed by atoms with Crippen molar-refractivity contribution in [3.8, 4) is 28.6 Å². The van der Waals surface area contributed by atoms with Gasteiger partial charge in [-0.2, -0.15) is 5.10 Å². The molecular weight excluding hydrogens is 492 g/mol. The number of hydrogen-bond acceptors (Lipinski definition) is 7. The third kappa shape index (κ3) is 5.44. The van der Waals surface area contributed by atoms with Crippen molar-refractivity contribution < 1.29 is 14.6 Å². The lowest BCUT2D eigenvalue weighted by Gasteiger charge is -2.16. The molecule has 0 bridgehead atoms. The lowest BCUT2D eigenvalue weighted by atomic mass is 10.1. The number of nitrogens with zero attached hydrogens (tertiary/aromatic N) is 6. The summed E-state index contributed by atoms with van der Waals surface area (Å²) in [5.41, 5.74) is 4.59. The van der Waals surface area contributed by atoms with Crippen molar-refractivity contribution in [2.75, 3.05) is 33.4 Å². The van der Waals surface area contributed by atoms with Gasteiger partial charge in [0.2, 0.25) is 0 Å². The van der Waals surface area contributed by atoms with Gasteiger partial charge in [0.05, 0.1) is 30.3 Å². The quantitative estimate of drug-likeness (QED) is 0.286. The molecule has 1 aliphatic rings. The molecule has 0 aliphatic carbocycles. The highest BCUT2D eigenvalue weighted by Crippen LogP contribution is 2.35. The summed E-state index contributed by atoms with van der Waals surface area (Å²) in [5.74, 6) is 2.28. The topological polar surface area (TPSA) is 90.5 Å². The van der Waals surface area contributed by atoms with Crippen molar-refractivity contribution in [3.05, 3.63) is 84.4 Å². The van der Waals surface area contributed by atoms with E-state index in [2.05, 4.69) is 37.7 Å². The van der Waals surface area contributed by atoms with Crippen LogP contribution in [0.1, 0.15) is 24.0 Å². The van der Waals surface area contributed by atoms with E-state index in [-0.39, 0.29) is 5.75 Å². The highest BCUT2D eigenvalue weighted by Gasteiger charge is 2.18. The maximum absolute atomic E-state index is 11.0. The van der Waals surface area contributed by atoms with Crippen LogP contribution in [0.15, 0.2) is 73.3 Å². The Labute approximate surface area is 227 Å². The van der Waals surface area contributed by atoms with Crippen LogP contribution in [-0.2, 0) is 13.1 Å². The lowest BCUT2D eigenvalue weighted by molar-refractivity contribution is 0.237. The molecule has 1 saturated heterocycles. The summed E-state index contributed by atoms with van der Waals surface area (Å²) in [7, 11) is 1.68. The van der Waals surface area contributed by atoms with Crippen molar-refractivity contribution in [1.82, 2.24) is 29.2 Å². The van der Waals surface area contributed by atoms with Crippen LogP contribution in [0.25, 0.3) is 22.4 Å². The number of ether oxygens (including phenoxy) is 2. The second-order valence-corrected chi connectivity index (χ2v) is 9.83. The fraction of sp³-hybridized carbons (Fsp3) is 0.300. The second-order valence-electron chi connectivity index (χ2n) is 9.83. The van der Waals surface area contributed by atoms with Crippen molar-refractivity contribution in [2.45, 2.75) is 25.9 Å². The van der Waals surface area contributed by atoms with Crippen LogP contribution in [0.3, 0.4) is 0 Å². The molecule has 6 rings (SSSR count). The van der Waals surface area contributed by atoms with Gasteiger partial charge in [0, 0.05) is 24.7 Å². The molecule has 9 heteroatoms. The Morgan fingerprint density at radius 3 is 2.64 bits per heavy atom. The summed E-state index contributed by atoms with van der Waals surface area (Å²) in [4.78, 5) is 11.3. The average molecular weight is 525 g/mol. The third-order valence-corrected chi connectivity index (χ3v) is 7.23. The molecule has 0 spiro atoms. The molecule has 0 saturated carbocycles. The van der Waals surface area contributed by atoms with Crippen molar-refractivity contribution >= 4 is 11.0 Å². The predicted octanol–water partition coefficient (Wildman–Crippen LogP) is 4.58. The largest absolute Gasteiger partial charge is 0.507 e. The molecule has 0 unspecified atom stereocenters. The van der Waals surface area contributed by atoms with E-state index >= 15 is 0 Å². The fourth-order valence-corrected chi connectivity index (χ4v) is 5.22. The summed E-state index contributed by atoms with van der Waals surface area (Å²) in [6, 6.07) is 19.7. The summed E-state index contributed by atoms with van der Waals surface area (Å²) >= 11 is 0. The van der Waals surface area contributed by atoms with Gasteiger partial charge in [-0.25, -0.2) is 14.6 Å². The van der Waals surface area contributed by atoms with Gasteiger partial charge in [0.25, 0.3) is 0 Å². The molecule has 39 heavy (non-hydrogen) atoms. The van der Waals surface area contributed by atoms with Gasteiger partial charge in [0.1, 0.15) is 42.3 Å². The predicted molar refractivity (Wildman–Crippen MR) is 149 cm³/mol. The van der Waals surface area contributed by atoms with Crippen LogP contribution in [0.2, 0.25) is 0 Å². The fourth-order valence-electron chi connectivity index (χ4n) is 5.22. The highest BCUT2D eigenvalue weighted by atomic mass is 16.5. The van der Waals surface area contributed by atoms with E-state index in [9.17, 15) is 5.11 Å². The van der Waals surface area contributed by atoms with E-state index in [1.807, 2.05) is 36.4 Å². The molecule has 0 radical (unpaired) electrons. The van der Waals surface area contributed by atoms with E-state index in [1.54, 1.807) is 24.2 Å². The Hall–Kier alpha value is -4.37. The molecule has 1 fully saturated rings. The number of likely N-dealkylation sites (tertiary alicyclic amines) is 1. The number of phenolic OH excluding ortho intramolecular Hbond substituents is 1. The van der Waals surface area contributed by atoms with Gasteiger partial charge in [-0.15, -0.1) is 0 Å². The van der Waals surface area contributed by atoms with Crippen molar-refractivity contribution in [3.63, 3.8) is 0 Å². The first-order chi connectivity index (χ1) is 19.2. The first-order valence-electron chi connectivity index (χ1n) is 13.3. The number of hydrogen-bond donors (Lipinski definition) is 1. The van der Waals surface area contributed by atoms with Gasteiger partial charge in [-0.3, -0.25) is 4.90 Å². The maximum Gasteiger partial charge on any atom is 0.145 e. The van der Waals surface area contributed by atoms with E-state index in [0.29, 0.717) is 36.8 Å². The molecule has 3 aromatic carbocycles. The van der Waals surface area contributed by atoms with Gasteiger partial charge >= 0.3 is 0 Å². The Morgan fingerprint density at radius 2 is 1.85 bits per heavy atom. The van der Waals surface area contributed by atoms with Crippen LogP contribution >= 0.6 is 0 Å². The van der Waals surface area contributed by atoms with Crippen molar-refractivity contribution in [1.29, 1.82) is 0 Å². The second kappa shape index (κ2) is 11.2. The van der Waals surface area contributed by atoms with Crippen LogP contribution in [0.4, 0.5) is 0 Å². The Bertz CT molecular complexity index is 1560. The highest BCUT2D eigenvalue weighted by molar-refractivity contribution is 5.82. The number of rotatable bonds is 10. The zero-order valence-electron chi connectivity index (χ0n) is 22.0. The normalized spacial score (nSPS) is 13.8. The van der Waals surface area contributed by atoms with E-state index in [4.69, 9.17) is 14.5 Å². The number of methoxy groups -OCH3 is 1. The van der Waals surface area contributed by atoms with E-state index < -0.39 is 0 Å². The summed E-state index contributed by atoms with van der Waals surface area (Å²) in [6.07, 6.45) is 5.73. The van der Waals surface area contributed by atoms with E-state index in [0.717, 1.165) is 47.5 Å². The lowest BCUT2D eigenvalue weighted by Crippen LogP contribution is -2.25. The zero-order valence-corrected chi connectivity index (χ0v) is 22.0. The smallest absolute Gasteiger partial charge is 0.145 e. The molecule has 1 N–H and O–H groups in total. The number of phenols is 1. The van der Waals surface area contributed by atoms with Crippen molar-refractivity contribution in [2.24, 2.45) is 0 Å². The molecule has 9 nitrogen and oxygen atoms in total. The van der Waals surface area contributed by atoms with Gasteiger partial charge < -0.3 is 19.1 Å². The Balaban J connectivity index is 1.27. The van der Waals surface area contributed by atoms with Crippen LogP contribution in [0, 0.1) is 0 Å². The SMILES string of the molecule is COc1cc(Cn2c(-c3ccc(OCCN4CCCC4)cc3O)nc3ccccc32)ccc1Cn1cncn1. The van der Waals surface area contributed by atoms with Crippen LogP contribution in [-0.4, -0.2) is 67.7 Å². The maximum atomic E-state index is 11.0. The zero-order chi connectivity index (χ0) is 26.6. The number of benzene rings is 3. The molecule has 200 valence electrons. The average Bonchev–Trinajstić information content (AvgIpc) is 3.72. The Kier molecular flexibility index (Phi) is 7.14. The molecule has 1 aliphatic heterocycles. The Morgan fingerprint density at radius 1 is 0.974 bits per heavy atom. The monoisotopic (exact) mass is 524 g/mol. The molecule has 2 aromatic heterocycles. The third-order valence-electron chi connectivity index (χ3n) is 7.23. The number of aromatic nitrogens is 5. The molecule has 0 amide bonds. The number of imidazole rings is 1.